The Kier molecular flexibility index (Phi) is 11.8. The second-order valence-electron chi connectivity index (χ2n) is 10.1. The maximum atomic E-state index is 14.3. The highest BCUT2D eigenvalue weighted by Crippen LogP contribution is 2.47. The molecule has 2 aromatic carbocycles. The number of fused-ring (bicyclic) bond motifs is 2. The number of hydrogen-bond acceptors (Lipinski definition) is 3. The van der Waals surface area contributed by atoms with Gasteiger partial charge in [-0.05, 0) is 48.4 Å². The molecule has 40 heavy (non-hydrogen) atoms. The number of carbonyl (C=O) groups is 2. The van der Waals surface area contributed by atoms with E-state index in [1.807, 2.05) is 83.1 Å². The fourth-order valence-electron chi connectivity index (χ4n) is 6.16. The highest BCUT2D eigenvalue weighted by Gasteiger charge is 2.54. The Bertz CT molecular complexity index is 1080. The number of benzene rings is 2. The van der Waals surface area contributed by atoms with Crippen LogP contribution in [0.25, 0.3) is 0 Å². The average molecular weight is 562 g/mol. The standard InChI is InChI=1S/C28H34F3N3O2.2C2H6/c1-19(34-15-13-23(14-16-34)33(4)20(2)35)28(26(36)32(3)18-27(29,30)31)24-11-7-5-9-21(24)17-22-10-6-8-12-25(22)28;2*1-2/h5-12,19,23H,13-18H2,1-4H3;2*1-2H3. The fraction of sp³-hybridized carbons (Fsp3) is 0.562. The van der Waals surface area contributed by atoms with E-state index in [2.05, 4.69) is 4.90 Å². The van der Waals surface area contributed by atoms with Gasteiger partial charge in [0.25, 0.3) is 0 Å². The van der Waals surface area contributed by atoms with Gasteiger partial charge in [-0.25, -0.2) is 0 Å². The van der Waals surface area contributed by atoms with Crippen LogP contribution in [0.5, 0.6) is 0 Å². The maximum Gasteiger partial charge on any atom is 0.406 e. The zero-order chi connectivity index (χ0) is 30.3. The summed E-state index contributed by atoms with van der Waals surface area (Å²) in [7, 11) is 3.05. The highest BCUT2D eigenvalue weighted by atomic mass is 19.4. The van der Waals surface area contributed by atoms with E-state index in [0.29, 0.717) is 19.5 Å². The summed E-state index contributed by atoms with van der Waals surface area (Å²) in [5.74, 6) is -0.535. The Morgan fingerprint density at radius 3 is 1.80 bits per heavy atom. The van der Waals surface area contributed by atoms with Crippen LogP contribution in [-0.2, 0) is 21.4 Å². The summed E-state index contributed by atoms with van der Waals surface area (Å²) < 4.78 is 40.4. The van der Waals surface area contributed by atoms with Crippen LogP contribution in [-0.4, -0.2) is 78.5 Å². The van der Waals surface area contributed by atoms with Crippen molar-refractivity contribution in [2.45, 2.75) is 84.5 Å². The van der Waals surface area contributed by atoms with E-state index < -0.39 is 30.1 Å². The first kappa shape index (κ1) is 33.3. The molecule has 0 N–H and O–H groups in total. The zero-order valence-corrected chi connectivity index (χ0v) is 25.3. The number of likely N-dealkylation sites (N-methyl/N-ethyl adjacent to an activating group) is 1. The number of hydrogen-bond donors (Lipinski definition) is 0. The SMILES string of the molecule is CC.CC.CC(=O)N(C)C1CCN(C(C)C2(C(=O)N(C)CC(F)(F)F)c3ccccc3Cc3ccccc32)CC1. The van der Waals surface area contributed by atoms with Gasteiger partial charge in [0.1, 0.15) is 12.0 Å². The van der Waals surface area contributed by atoms with Gasteiger partial charge in [-0.2, -0.15) is 13.2 Å². The van der Waals surface area contributed by atoms with Gasteiger partial charge in [-0.3, -0.25) is 14.5 Å². The molecule has 1 unspecified atom stereocenters. The van der Waals surface area contributed by atoms with Gasteiger partial charge < -0.3 is 9.80 Å². The molecule has 2 aliphatic rings. The summed E-state index contributed by atoms with van der Waals surface area (Å²) in [6.45, 7) is 11.5. The van der Waals surface area contributed by atoms with E-state index in [4.69, 9.17) is 0 Å². The minimum atomic E-state index is -4.50. The number of alkyl halides is 3. The third-order valence-corrected chi connectivity index (χ3v) is 8.08. The molecule has 0 bridgehead atoms. The molecule has 1 saturated heterocycles. The summed E-state index contributed by atoms with van der Waals surface area (Å²) >= 11 is 0. The first-order chi connectivity index (χ1) is 19.0. The Hall–Kier alpha value is -2.87. The molecule has 0 spiro atoms. The fourth-order valence-corrected chi connectivity index (χ4v) is 6.16. The maximum absolute atomic E-state index is 14.3. The molecule has 0 saturated carbocycles. The van der Waals surface area contributed by atoms with E-state index in [-0.39, 0.29) is 11.9 Å². The molecule has 222 valence electrons. The third-order valence-electron chi connectivity index (χ3n) is 8.08. The van der Waals surface area contributed by atoms with Gasteiger partial charge in [0.2, 0.25) is 11.8 Å². The second-order valence-corrected chi connectivity index (χ2v) is 10.1. The monoisotopic (exact) mass is 561 g/mol. The quantitative estimate of drug-likeness (QED) is 0.432. The molecular formula is C32H46F3N3O2. The normalized spacial score (nSPS) is 17.1. The molecule has 5 nitrogen and oxygen atoms in total. The lowest BCUT2D eigenvalue weighted by Crippen LogP contribution is -2.62. The summed E-state index contributed by atoms with van der Waals surface area (Å²) in [6.07, 6.45) is -2.39. The van der Waals surface area contributed by atoms with Crippen LogP contribution in [0.3, 0.4) is 0 Å². The van der Waals surface area contributed by atoms with Crippen molar-refractivity contribution in [3.63, 3.8) is 0 Å². The third kappa shape index (κ3) is 6.70. The smallest absolute Gasteiger partial charge is 0.343 e. The van der Waals surface area contributed by atoms with Crippen molar-refractivity contribution >= 4 is 11.8 Å². The van der Waals surface area contributed by atoms with E-state index in [0.717, 1.165) is 40.0 Å². The summed E-state index contributed by atoms with van der Waals surface area (Å²) in [6, 6.07) is 15.0. The van der Waals surface area contributed by atoms with Gasteiger partial charge in [-0.1, -0.05) is 76.2 Å². The number of rotatable bonds is 5. The van der Waals surface area contributed by atoms with Crippen LogP contribution < -0.4 is 0 Å². The Balaban J connectivity index is 0.00000134. The first-order valence-electron chi connectivity index (χ1n) is 14.4. The number of carbonyl (C=O) groups excluding carboxylic acids is 2. The minimum Gasteiger partial charge on any atom is -0.343 e. The van der Waals surface area contributed by atoms with Crippen molar-refractivity contribution in [1.82, 2.24) is 14.7 Å². The lowest BCUT2D eigenvalue weighted by molar-refractivity contribution is -0.162. The Morgan fingerprint density at radius 1 is 0.925 bits per heavy atom. The van der Waals surface area contributed by atoms with Crippen LogP contribution in [0.15, 0.2) is 48.5 Å². The van der Waals surface area contributed by atoms with Crippen molar-refractivity contribution in [3.8, 4) is 0 Å². The number of nitrogens with zero attached hydrogens (tertiary/aromatic N) is 3. The Morgan fingerprint density at radius 2 is 1.38 bits per heavy atom. The van der Waals surface area contributed by atoms with Crippen molar-refractivity contribution < 1.29 is 22.8 Å². The molecule has 8 heteroatoms. The van der Waals surface area contributed by atoms with E-state index >= 15 is 0 Å². The molecule has 2 aromatic rings. The Labute approximate surface area is 238 Å². The van der Waals surface area contributed by atoms with Gasteiger partial charge >= 0.3 is 6.18 Å². The number of likely N-dealkylation sites (tertiary alicyclic amines) is 1. The van der Waals surface area contributed by atoms with E-state index in [1.54, 1.807) is 18.9 Å². The van der Waals surface area contributed by atoms with E-state index in [1.165, 1.54) is 7.05 Å². The first-order valence-corrected chi connectivity index (χ1v) is 14.4. The molecule has 0 radical (unpaired) electrons. The van der Waals surface area contributed by atoms with Gasteiger partial charge in [0.15, 0.2) is 0 Å². The molecule has 1 fully saturated rings. The molecule has 1 aliphatic carbocycles. The number of halogens is 3. The summed E-state index contributed by atoms with van der Waals surface area (Å²) in [5.41, 5.74) is 2.19. The highest BCUT2D eigenvalue weighted by molar-refractivity contribution is 5.95. The minimum absolute atomic E-state index is 0.0112. The van der Waals surface area contributed by atoms with Crippen molar-refractivity contribution in [2.24, 2.45) is 0 Å². The number of amides is 2. The lowest BCUT2D eigenvalue weighted by atomic mass is 9.61. The van der Waals surface area contributed by atoms with Crippen LogP contribution in [0.4, 0.5) is 13.2 Å². The lowest BCUT2D eigenvalue weighted by Gasteiger charge is -2.50. The van der Waals surface area contributed by atoms with E-state index in [9.17, 15) is 22.8 Å². The number of piperidine rings is 1. The second kappa shape index (κ2) is 14.2. The topological polar surface area (TPSA) is 43.9 Å². The van der Waals surface area contributed by atoms with Gasteiger partial charge in [0.05, 0.1) is 0 Å². The van der Waals surface area contributed by atoms with Crippen LogP contribution in [0, 0.1) is 0 Å². The van der Waals surface area contributed by atoms with Crippen molar-refractivity contribution in [3.05, 3.63) is 70.8 Å². The van der Waals surface area contributed by atoms with Crippen LogP contribution in [0.2, 0.25) is 0 Å². The zero-order valence-electron chi connectivity index (χ0n) is 25.3. The molecule has 0 aromatic heterocycles. The predicted octanol–water partition coefficient (Wildman–Crippen LogP) is 6.28. The molecule has 4 rings (SSSR count). The molecular weight excluding hydrogens is 515 g/mol. The average Bonchev–Trinajstić information content (AvgIpc) is 2.96. The van der Waals surface area contributed by atoms with Crippen LogP contribution in [0.1, 0.15) is 76.6 Å². The predicted molar refractivity (Wildman–Crippen MR) is 155 cm³/mol. The molecule has 1 heterocycles. The summed E-state index contributed by atoms with van der Waals surface area (Å²) in [4.78, 5) is 31.0. The molecule has 1 aliphatic heterocycles. The largest absolute Gasteiger partial charge is 0.406 e. The molecule has 1 atom stereocenters. The van der Waals surface area contributed by atoms with Crippen LogP contribution >= 0.6 is 0 Å². The van der Waals surface area contributed by atoms with Gasteiger partial charge in [0, 0.05) is 46.2 Å². The van der Waals surface area contributed by atoms with Gasteiger partial charge in [-0.15, -0.1) is 0 Å². The molecule has 2 amide bonds. The summed E-state index contributed by atoms with van der Waals surface area (Å²) in [5, 5.41) is 0. The van der Waals surface area contributed by atoms with Crippen molar-refractivity contribution in [1.29, 1.82) is 0 Å². The van der Waals surface area contributed by atoms with Crippen molar-refractivity contribution in [2.75, 3.05) is 33.7 Å².